The highest BCUT2D eigenvalue weighted by Crippen LogP contribution is 2.39. The molecule has 1 aliphatic rings. The molecule has 106 valence electrons. The number of amides is 1. The molecule has 0 saturated heterocycles. The highest BCUT2D eigenvalue weighted by atomic mass is 32.1. The van der Waals surface area contributed by atoms with Crippen molar-refractivity contribution in [3.8, 4) is 0 Å². The SMILES string of the molecule is Nc1nc2c(s1)[C@@H](c1cc3ccccc3o1)CC(=O)NC2. The maximum absolute atomic E-state index is 11.9. The number of hydrogen-bond donors (Lipinski definition) is 2. The molecule has 1 aromatic carbocycles. The van der Waals surface area contributed by atoms with E-state index in [1.807, 2.05) is 30.3 Å². The van der Waals surface area contributed by atoms with Gasteiger partial charge in [0.2, 0.25) is 5.91 Å². The summed E-state index contributed by atoms with van der Waals surface area (Å²) in [6.07, 6.45) is 0.356. The first kappa shape index (κ1) is 12.4. The van der Waals surface area contributed by atoms with Crippen LogP contribution in [0.4, 0.5) is 5.13 Å². The van der Waals surface area contributed by atoms with Crippen molar-refractivity contribution in [3.05, 3.63) is 46.7 Å². The van der Waals surface area contributed by atoms with E-state index in [9.17, 15) is 4.79 Å². The number of nitrogens with two attached hydrogens (primary N) is 1. The number of hydrogen-bond acceptors (Lipinski definition) is 5. The van der Waals surface area contributed by atoms with Crippen molar-refractivity contribution in [2.75, 3.05) is 5.73 Å². The molecule has 5 nitrogen and oxygen atoms in total. The van der Waals surface area contributed by atoms with Crippen molar-refractivity contribution in [2.24, 2.45) is 0 Å². The van der Waals surface area contributed by atoms with Gasteiger partial charge in [-0.1, -0.05) is 18.2 Å². The number of fused-ring (bicyclic) bond motifs is 2. The Morgan fingerprint density at radius 1 is 1.38 bits per heavy atom. The van der Waals surface area contributed by atoms with Crippen LogP contribution < -0.4 is 11.1 Å². The number of nitrogen functional groups attached to an aromatic ring is 1. The second-order valence-corrected chi connectivity index (χ2v) is 6.15. The molecule has 1 aliphatic heterocycles. The number of aromatic nitrogens is 1. The quantitative estimate of drug-likeness (QED) is 0.723. The maximum Gasteiger partial charge on any atom is 0.221 e. The van der Waals surface area contributed by atoms with E-state index in [0.29, 0.717) is 18.1 Å². The van der Waals surface area contributed by atoms with Crippen LogP contribution in [0.1, 0.15) is 28.7 Å². The fourth-order valence-corrected chi connectivity index (χ4v) is 3.68. The molecule has 2 aromatic heterocycles. The van der Waals surface area contributed by atoms with Crippen LogP contribution in [0.5, 0.6) is 0 Å². The maximum atomic E-state index is 11.9. The van der Waals surface area contributed by atoms with Crippen molar-refractivity contribution < 1.29 is 9.21 Å². The lowest BCUT2D eigenvalue weighted by molar-refractivity contribution is -0.121. The third-order valence-electron chi connectivity index (χ3n) is 3.69. The van der Waals surface area contributed by atoms with E-state index >= 15 is 0 Å². The Balaban J connectivity index is 1.86. The van der Waals surface area contributed by atoms with Crippen LogP contribution in [-0.2, 0) is 11.3 Å². The fourth-order valence-electron chi connectivity index (χ4n) is 2.72. The second kappa shape index (κ2) is 4.60. The molecule has 1 amide bonds. The van der Waals surface area contributed by atoms with E-state index < -0.39 is 0 Å². The molecular weight excluding hydrogens is 286 g/mol. The topological polar surface area (TPSA) is 81.2 Å². The minimum absolute atomic E-state index is 0.00391. The molecule has 3 aromatic rings. The third kappa shape index (κ3) is 2.08. The van der Waals surface area contributed by atoms with Crippen LogP contribution >= 0.6 is 11.3 Å². The number of carbonyl (C=O) groups excluding carboxylic acids is 1. The van der Waals surface area contributed by atoms with Crippen LogP contribution in [0, 0.1) is 0 Å². The average molecular weight is 299 g/mol. The number of furan rings is 1. The van der Waals surface area contributed by atoms with Gasteiger partial charge in [-0.05, 0) is 12.1 Å². The molecule has 1 atom stereocenters. The lowest BCUT2D eigenvalue weighted by atomic mass is 9.99. The molecule has 3 N–H and O–H groups in total. The highest BCUT2D eigenvalue weighted by Gasteiger charge is 2.29. The van der Waals surface area contributed by atoms with Gasteiger partial charge in [-0.3, -0.25) is 4.79 Å². The van der Waals surface area contributed by atoms with Crippen molar-refractivity contribution >= 4 is 33.3 Å². The number of rotatable bonds is 1. The lowest BCUT2D eigenvalue weighted by Gasteiger charge is -2.09. The van der Waals surface area contributed by atoms with Gasteiger partial charge in [0.1, 0.15) is 11.3 Å². The second-order valence-electron chi connectivity index (χ2n) is 5.08. The van der Waals surface area contributed by atoms with E-state index in [1.165, 1.54) is 11.3 Å². The zero-order valence-electron chi connectivity index (χ0n) is 11.1. The lowest BCUT2D eigenvalue weighted by Crippen LogP contribution is -2.21. The Morgan fingerprint density at radius 2 is 2.24 bits per heavy atom. The molecule has 0 fully saturated rings. The van der Waals surface area contributed by atoms with Gasteiger partial charge in [0, 0.05) is 16.7 Å². The third-order valence-corrected chi connectivity index (χ3v) is 4.73. The molecule has 0 unspecified atom stereocenters. The van der Waals surface area contributed by atoms with Gasteiger partial charge in [0.05, 0.1) is 18.2 Å². The Labute approximate surface area is 124 Å². The molecule has 3 heterocycles. The molecule has 6 heteroatoms. The molecule has 0 radical (unpaired) electrons. The molecule has 0 saturated carbocycles. The van der Waals surface area contributed by atoms with E-state index in [1.54, 1.807) is 0 Å². The van der Waals surface area contributed by atoms with Crippen LogP contribution in [-0.4, -0.2) is 10.9 Å². The van der Waals surface area contributed by atoms with Gasteiger partial charge in [0.15, 0.2) is 5.13 Å². The van der Waals surface area contributed by atoms with Crippen molar-refractivity contribution in [1.29, 1.82) is 0 Å². The van der Waals surface area contributed by atoms with Gasteiger partial charge in [-0.15, -0.1) is 11.3 Å². The number of para-hydroxylation sites is 1. The number of benzene rings is 1. The number of nitrogens with zero attached hydrogens (tertiary/aromatic N) is 1. The fraction of sp³-hybridized carbons (Fsp3) is 0.200. The van der Waals surface area contributed by atoms with Crippen LogP contribution in [0.3, 0.4) is 0 Å². The summed E-state index contributed by atoms with van der Waals surface area (Å²) in [5.74, 6) is 0.673. The molecule has 4 rings (SSSR count). The Bertz CT molecular complexity index is 803. The van der Waals surface area contributed by atoms with E-state index in [0.717, 1.165) is 27.3 Å². The van der Waals surface area contributed by atoms with Crippen LogP contribution in [0.25, 0.3) is 11.0 Å². The Morgan fingerprint density at radius 3 is 3.10 bits per heavy atom. The van der Waals surface area contributed by atoms with Crippen molar-refractivity contribution in [3.63, 3.8) is 0 Å². The highest BCUT2D eigenvalue weighted by molar-refractivity contribution is 7.15. The summed E-state index contributed by atoms with van der Waals surface area (Å²) in [6.45, 7) is 0.429. The van der Waals surface area contributed by atoms with Crippen LogP contribution in [0.15, 0.2) is 34.7 Å². The van der Waals surface area contributed by atoms with Crippen LogP contribution in [0.2, 0.25) is 0 Å². The summed E-state index contributed by atoms with van der Waals surface area (Å²) in [6, 6.07) is 9.83. The normalized spacial score (nSPS) is 18.3. The Kier molecular flexibility index (Phi) is 2.71. The number of thiazole rings is 1. The summed E-state index contributed by atoms with van der Waals surface area (Å²) in [7, 11) is 0. The van der Waals surface area contributed by atoms with E-state index in [4.69, 9.17) is 10.2 Å². The first-order chi connectivity index (χ1) is 10.2. The van der Waals surface area contributed by atoms with Gasteiger partial charge in [-0.2, -0.15) is 0 Å². The summed E-state index contributed by atoms with van der Waals surface area (Å²) < 4.78 is 5.94. The summed E-state index contributed by atoms with van der Waals surface area (Å²) in [5, 5.41) is 4.42. The minimum Gasteiger partial charge on any atom is -0.460 e. The van der Waals surface area contributed by atoms with E-state index in [2.05, 4.69) is 10.3 Å². The van der Waals surface area contributed by atoms with E-state index in [-0.39, 0.29) is 11.8 Å². The first-order valence-electron chi connectivity index (χ1n) is 6.71. The van der Waals surface area contributed by atoms with Gasteiger partial charge in [0.25, 0.3) is 0 Å². The molecular formula is C15H13N3O2S. The average Bonchev–Trinajstić information content (AvgIpc) is 3.02. The number of nitrogens with one attached hydrogen (secondary N) is 1. The van der Waals surface area contributed by atoms with Gasteiger partial charge >= 0.3 is 0 Å². The zero-order valence-corrected chi connectivity index (χ0v) is 11.9. The molecule has 21 heavy (non-hydrogen) atoms. The Hall–Kier alpha value is -2.34. The van der Waals surface area contributed by atoms with Crippen molar-refractivity contribution in [2.45, 2.75) is 18.9 Å². The molecule has 0 bridgehead atoms. The minimum atomic E-state index is -0.121. The summed E-state index contributed by atoms with van der Waals surface area (Å²) in [4.78, 5) is 17.3. The monoisotopic (exact) mass is 299 g/mol. The number of carbonyl (C=O) groups is 1. The molecule has 0 aliphatic carbocycles. The number of anilines is 1. The predicted octanol–water partition coefficient (Wildman–Crippen LogP) is 2.62. The first-order valence-corrected chi connectivity index (χ1v) is 7.52. The summed E-state index contributed by atoms with van der Waals surface area (Å²) >= 11 is 1.43. The van der Waals surface area contributed by atoms with Gasteiger partial charge < -0.3 is 15.5 Å². The molecule has 0 spiro atoms. The largest absolute Gasteiger partial charge is 0.460 e. The standard InChI is InChI=1S/C15H13N3O2S/c16-15-18-10-7-17-13(19)6-9(14(10)21-15)12-5-8-3-1-2-4-11(8)20-12/h1-5,9H,6-7H2,(H2,16,18)(H,17,19)/t9-/m1/s1. The predicted molar refractivity (Wildman–Crippen MR) is 81.0 cm³/mol. The van der Waals surface area contributed by atoms with Crippen molar-refractivity contribution in [1.82, 2.24) is 10.3 Å². The van der Waals surface area contributed by atoms with Gasteiger partial charge in [-0.25, -0.2) is 4.98 Å². The smallest absolute Gasteiger partial charge is 0.221 e. The summed E-state index contributed by atoms with van der Waals surface area (Å²) in [5.41, 5.74) is 7.49. The zero-order chi connectivity index (χ0) is 14.4.